The first-order valence-electron chi connectivity index (χ1n) is 5.45. The van der Waals surface area contributed by atoms with Gasteiger partial charge in [0.25, 0.3) is 0 Å². The molecule has 0 heteroatoms. The quantitative estimate of drug-likeness (QED) is 0.494. The minimum Gasteiger partial charge on any atom is -0.0882 e. The second kappa shape index (κ2) is 8.55. The summed E-state index contributed by atoms with van der Waals surface area (Å²) >= 11 is 0. The summed E-state index contributed by atoms with van der Waals surface area (Å²) in [4.78, 5) is 0. The van der Waals surface area contributed by atoms with Crippen LogP contribution < -0.4 is 0 Å². The zero-order valence-corrected chi connectivity index (χ0v) is 8.73. The molecule has 0 atom stereocenters. The van der Waals surface area contributed by atoms with E-state index in [9.17, 15) is 0 Å². The van der Waals surface area contributed by atoms with Crippen LogP contribution in [0.1, 0.15) is 32.1 Å². The summed E-state index contributed by atoms with van der Waals surface area (Å²) in [7, 11) is 0. The fraction of sp³-hybridized carbons (Fsp3) is 0.357. The van der Waals surface area contributed by atoms with Gasteiger partial charge in [-0.1, -0.05) is 48.6 Å². The van der Waals surface area contributed by atoms with Crippen LogP contribution in [0.5, 0.6) is 0 Å². The minimum absolute atomic E-state index is 1.08. The highest BCUT2D eigenvalue weighted by atomic mass is 13.9. The lowest BCUT2D eigenvalue weighted by atomic mass is 10.2. The summed E-state index contributed by atoms with van der Waals surface area (Å²) in [5, 5.41) is 0. The van der Waals surface area contributed by atoms with Crippen molar-refractivity contribution < 1.29 is 0 Å². The Labute approximate surface area is 87.7 Å². The van der Waals surface area contributed by atoms with Crippen molar-refractivity contribution in [3.05, 3.63) is 55.0 Å². The molecule has 1 rings (SSSR count). The smallest absolute Gasteiger partial charge is 0.0164 e. The molecular weight excluding hydrogens is 168 g/mol. The Morgan fingerprint density at radius 2 is 1.21 bits per heavy atom. The molecule has 0 unspecified atom stereocenters. The normalized spacial score (nSPS) is 28.6. The van der Waals surface area contributed by atoms with Crippen LogP contribution >= 0.6 is 0 Å². The molecule has 0 fully saturated rings. The minimum atomic E-state index is 1.08. The molecule has 0 saturated carbocycles. The molecule has 0 bridgehead atoms. The van der Waals surface area contributed by atoms with Gasteiger partial charge in [-0.05, 0) is 38.5 Å². The molecule has 0 aromatic carbocycles. The van der Waals surface area contributed by atoms with Gasteiger partial charge in [-0.2, -0.15) is 0 Å². The van der Waals surface area contributed by atoms with Crippen molar-refractivity contribution >= 4 is 0 Å². The summed E-state index contributed by atoms with van der Waals surface area (Å²) in [5.41, 5.74) is 0. The highest BCUT2D eigenvalue weighted by Gasteiger charge is 1.81. The van der Waals surface area contributed by atoms with Gasteiger partial charge in [-0.3, -0.25) is 0 Å². The van der Waals surface area contributed by atoms with E-state index in [1.165, 1.54) is 0 Å². The van der Waals surface area contributed by atoms with Crippen molar-refractivity contribution in [2.24, 2.45) is 0 Å². The van der Waals surface area contributed by atoms with Crippen molar-refractivity contribution in [1.82, 2.24) is 0 Å². The maximum absolute atomic E-state index is 2.26. The maximum Gasteiger partial charge on any atom is -0.0164 e. The van der Waals surface area contributed by atoms with Gasteiger partial charge in [-0.25, -0.2) is 0 Å². The largest absolute Gasteiger partial charge is 0.0882 e. The van der Waals surface area contributed by atoms with Crippen LogP contribution in [0.15, 0.2) is 48.6 Å². The molecule has 0 spiro atoms. The summed E-state index contributed by atoms with van der Waals surface area (Å²) < 4.78 is 0. The highest BCUT2D eigenvalue weighted by molar-refractivity contribution is 5.08. The summed E-state index contributed by atoms with van der Waals surface area (Å²) in [5.74, 6) is 0. The Kier molecular flexibility index (Phi) is 6.74. The fourth-order valence-corrected chi connectivity index (χ4v) is 1.31. The molecule has 0 aromatic heterocycles. The maximum atomic E-state index is 2.26. The lowest BCUT2D eigenvalue weighted by Gasteiger charge is -1.91. The zero-order chi connectivity index (χ0) is 9.90. The number of hydrogen-bond acceptors (Lipinski definition) is 0. The van der Waals surface area contributed by atoms with E-state index in [0.29, 0.717) is 0 Å². The third-order valence-corrected chi connectivity index (χ3v) is 2.10. The molecule has 1 radical (unpaired) electrons. The van der Waals surface area contributed by atoms with Gasteiger partial charge in [0.1, 0.15) is 0 Å². The Morgan fingerprint density at radius 3 is 2.07 bits per heavy atom. The van der Waals surface area contributed by atoms with E-state index in [2.05, 4.69) is 55.0 Å². The van der Waals surface area contributed by atoms with Crippen LogP contribution in [0, 0.1) is 6.42 Å². The Morgan fingerprint density at radius 1 is 0.500 bits per heavy atom. The van der Waals surface area contributed by atoms with Crippen LogP contribution in [0.4, 0.5) is 0 Å². The van der Waals surface area contributed by atoms with E-state index in [1.807, 2.05) is 0 Å². The van der Waals surface area contributed by atoms with E-state index in [1.54, 1.807) is 0 Å². The summed E-state index contributed by atoms with van der Waals surface area (Å²) in [6, 6.07) is 0. The van der Waals surface area contributed by atoms with Gasteiger partial charge in [0.2, 0.25) is 0 Å². The molecule has 0 nitrogen and oxygen atoms in total. The first-order valence-corrected chi connectivity index (χ1v) is 5.45. The summed E-state index contributed by atoms with van der Waals surface area (Å²) in [6.45, 7) is 0. The number of hydrogen-bond donors (Lipinski definition) is 0. The number of allylic oxidation sites excluding steroid dienone is 8. The van der Waals surface area contributed by atoms with Crippen LogP contribution in [0.2, 0.25) is 0 Å². The van der Waals surface area contributed by atoms with Crippen LogP contribution in [0.25, 0.3) is 0 Å². The topological polar surface area (TPSA) is 0 Å². The Hall–Kier alpha value is -1.04. The van der Waals surface area contributed by atoms with Gasteiger partial charge in [-0.15, -0.1) is 0 Å². The van der Waals surface area contributed by atoms with Gasteiger partial charge >= 0.3 is 0 Å². The third-order valence-electron chi connectivity index (χ3n) is 2.10. The van der Waals surface area contributed by atoms with E-state index in [0.717, 1.165) is 32.1 Å². The molecule has 75 valence electrons. The van der Waals surface area contributed by atoms with Gasteiger partial charge < -0.3 is 0 Å². The lowest BCUT2D eigenvalue weighted by molar-refractivity contribution is 0.995. The third kappa shape index (κ3) is 6.47. The van der Waals surface area contributed by atoms with Crippen molar-refractivity contribution in [2.75, 3.05) is 0 Å². The van der Waals surface area contributed by atoms with Crippen LogP contribution in [-0.4, -0.2) is 0 Å². The van der Waals surface area contributed by atoms with E-state index in [4.69, 9.17) is 0 Å². The monoisotopic (exact) mass is 187 g/mol. The molecule has 14 heavy (non-hydrogen) atoms. The predicted octanol–water partition coefficient (Wildman–Crippen LogP) is 4.38. The first kappa shape index (κ1) is 11.0. The van der Waals surface area contributed by atoms with Crippen LogP contribution in [-0.2, 0) is 0 Å². The van der Waals surface area contributed by atoms with E-state index < -0.39 is 0 Å². The molecule has 0 saturated heterocycles. The van der Waals surface area contributed by atoms with Crippen molar-refractivity contribution in [3.8, 4) is 0 Å². The molecule has 0 N–H and O–H groups in total. The lowest BCUT2D eigenvalue weighted by Crippen LogP contribution is -1.71. The molecule has 0 aromatic rings. The SMILES string of the molecule is [CH]1/C=C/C=C\CC/C=C/C/C=C\CC1. The Balaban J connectivity index is 2.34. The van der Waals surface area contributed by atoms with Crippen molar-refractivity contribution in [2.45, 2.75) is 32.1 Å². The van der Waals surface area contributed by atoms with Gasteiger partial charge in [0, 0.05) is 0 Å². The average Bonchev–Trinajstić information content (AvgIpc) is 2.22. The second-order valence-electron chi connectivity index (χ2n) is 3.38. The van der Waals surface area contributed by atoms with Gasteiger partial charge in [0.15, 0.2) is 0 Å². The first-order chi connectivity index (χ1) is 7.00. The van der Waals surface area contributed by atoms with Crippen molar-refractivity contribution in [3.63, 3.8) is 0 Å². The molecule has 0 aliphatic heterocycles. The summed E-state index contributed by atoms with van der Waals surface area (Å²) in [6.07, 6.45) is 25.5. The second-order valence-corrected chi connectivity index (χ2v) is 3.38. The molecule has 0 heterocycles. The van der Waals surface area contributed by atoms with E-state index >= 15 is 0 Å². The standard InChI is InChI=1S/C14H19/c1-2-4-6-8-10-12-14-13-11-9-7-5-3-1/h1-5,10-13H,6-9,14H2/b2-1+,5-3-,12-10-,13-11+. The molecule has 1 aliphatic carbocycles. The molecule has 0 amide bonds. The fourth-order valence-electron chi connectivity index (χ4n) is 1.31. The average molecular weight is 187 g/mol. The van der Waals surface area contributed by atoms with Crippen LogP contribution in [0.3, 0.4) is 0 Å². The molecule has 1 aliphatic rings. The molecular formula is C14H19. The van der Waals surface area contributed by atoms with Crippen molar-refractivity contribution in [1.29, 1.82) is 0 Å². The van der Waals surface area contributed by atoms with E-state index in [-0.39, 0.29) is 0 Å². The van der Waals surface area contributed by atoms with Gasteiger partial charge in [0.05, 0.1) is 0 Å². The Bertz CT molecular complexity index is 228. The zero-order valence-electron chi connectivity index (χ0n) is 8.73. The number of rotatable bonds is 0. The predicted molar refractivity (Wildman–Crippen MR) is 63.9 cm³/mol. The highest BCUT2D eigenvalue weighted by Crippen LogP contribution is 2.01.